The predicted octanol–water partition coefficient (Wildman–Crippen LogP) is 4.62. The van der Waals surface area contributed by atoms with Crippen LogP contribution >= 0.6 is 12.2 Å². The molecular weight excluding hydrogens is 438 g/mol. The quantitative estimate of drug-likeness (QED) is 0.535. The third kappa shape index (κ3) is 4.39. The van der Waals surface area contributed by atoms with Crippen LogP contribution in [-0.4, -0.2) is 35.7 Å². The van der Waals surface area contributed by atoms with Gasteiger partial charge in [0.25, 0.3) is 11.5 Å². The number of hydrogen-bond acceptors (Lipinski definition) is 5. The van der Waals surface area contributed by atoms with E-state index in [-0.39, 0.29) is 22.3 Å². The maximum atomic E-state index is 13.3. The van der Waals surface area contributed by atoms with E-state index in [2.05, 4.69) is 24.1 Å². The van der Waals surface area contributed by atoms with Crippen molar-refractivity contribution in [1.82, 2.24) is 14.9 Å². The molecule has 3 aromatic rings. The lowest BCUT2D eigenvalue weighted by atomic mass is 9.78. The first kappa shape index (κ1) is 23.0. The summed E-state index contributed by atoms with van der Waals surface area (Å²) in [4.78, 5) is 29.4. The van der Waals surface area contributed by atoms with Crippen molar-refractivity contribution < 1.29 is 14.3 Å². The van der Waals surface area contributed by atoms with Gasteiger partial charge in [0.2, 0.25) is 0 Å². The molecule has 1 saturated carbocycles. The van der Waals surface area contributed by atoms with Gasteiger partial charge in [-0.2, -0.15) is 0 Å². The van der Waals surface area contributed by atoms with E-state index in [0.717, 1.165) is 12.8 Å². The minimum atomic E-state index is -0.293. The second-order valence-electron chi connectivity index (χ2n) is 8.72. The molecule has 2 N–H and O–H groups in total. The van der Waals surface area contributed by atoms with Gasteiger partial charge in [-0.15, -0.1) is 0 Å². The van der Waals surface area contributed by atoms with E-state index in [1.165, 1.54) is 18.1 Å². The molecule has 1 amide bonds. The first-order chi connectivity index (χ1) is 15.8. The Kier molecular flexibility index (Phi) is 6.56. The first-order valence-corrected chi connectivity index (χ1v) is 11.6. The molecule has 0 saturated heterocycles. The van der Waals surface area contributed by atoms with E-state index >= 15 is 0 Å². The number of nitrogens with one attached hydrogen (secondary N) is 2. The second-order valence-corrected chi connectivity index (χ2v) is 9.10. The summed E-state index contributed by atoms with van der Waals surface area (Å²) in [5.74, 6) is 1.95. The van der Waals surface area contributed by atoms with Gasteiger partial charge < -0.3 is 19.8 Å². The Labute approximate surface area is 197 Å². The zero-order valence-electron chi connectivity index (χ0n) is 19.3. The van der Waals surface area contributed by atoms with Gasteiger partial charge in [0.1, 0.15) is 11.5 Å². The largest absolute Gasteiger partial charge is 0.497 e. The van der Waals surface area contributed by atoms with Crippen LogP contribution in [0.5, 0.6) is 11.5 Å². The number of methoxy groups -OCH3 is 2. The topological polar surface area (TPSA) is 85.4 Å². The molecule has 0 radical (unpaired) electrons. The van der Waals surface area contributed by atoms with Crippen molar-refractivity contribution in [3.63, 3.8) is 0 Å². The molecular formula is C25H29N3O4S. The minimum absolute atomic E-state index is 0.136. The van der Waals surface area contributed by atoms with Crippen LogP contribution in [0.15, 0.2) is 41.2 Å². The highest BCUT2D eigenvalue weighted by Crippen LogP contribution is 2.30. The molecule has 7 nitrogen and oxygen atoms in total. The SMILES string of the molecule is COc1ccc(-n2c(=S)[nH]c3cc(C(=O)N[C@@H]4CCC[C@@H](C)[C@H]4C)ccc3c2=O)c(OC)c1. The lowest BCUT2D eigenvalue weighted by Crippen LogP contribution is -2.43. The predicted molar refractivity (Wildman–Crippen MR) is 131 cm³/mol. The van der Waals surface area contributed by atoms with E-state index in [1.54, 1.807) is 43.5 Å². The Morgan fingerprint density at radius 2 is 1.91 bits per heavy atom. The molecule has 174 valence electrons. The highest BCUT2D eigenvalue weighted by atomic mass is 32.1. The molecule has 0 aliphatic heterocycles. The van der Waals surface area contributed by atoms with Crippen LogP contribution < -0.4 is 20.3 Å². The van der Waals surface area contributed by atoms with Crippen LogP contribution in [0.2, 0.25) is 0 Å². The number of carbonyl (C=O) groups excluding carboxylic acids is 1. The average Bonchev–Trinajstić information content (AvgIpc) is 2.81. The lowest BCUT2D eigenvalue weighted by molar-refractivity contribution is 0.0891. The van der Waals surface area contributed by atoms with Crippen molar-refractivity contribution in [2.45, 2.75) is 39.2 Å². The van der Waals surface area contributed by atoms with Crippen molar-refractivity contribution >= 4 is 29.0 Å². The molecule has 0 spiro atoms. The smallest absolute Gasteiger partial charge is 0.266 e. The van der Waals surface area contributed by atoms with Crippen LogP contribution in [0.4, 0.5) is 0 Å². The number of rotatable bonds is 5. The number of H-pyrrole nitrogens is 1. The summed E-state index contributed by atoms with van der Waals surface area (Å²) in [6, 6.07) is 10.4. The van der Waals surface area contributed by atoms with Crippen LogP contribution in [0.3, 0.4) is 0 Å². The lowest BCUT2D eigenvalue weighted by Gasteiger charge is -2.34. The monoisotopic (exact) mass is 467 g/mol. The Hall–Kier alpha value is -3.13. The number of aromatic amines is 1. The first-order valence-electron chi connectivity index (χ1n) is 11.2. The van der Waals surface area contributed by atoms with E-state index in [9.17, 15) is 9.59 Å². The minimum Gasteiger partial charge on any atom is -0.497 e. The summed E-state index contributed by atoms with van der Waals surface area (Å²) in [5, 5.41) is 3.61. The molecule has 0 bridgehead atoms. The summed E-state index contributed by atoms with van der Waals surface area (Å²) in [6.45, 7) is 4.43. The fraction of sp³-hybridized carbons (Fsp3) is 0.400. The van der Waals surface area contributed by atoms with Gasteiger partial charge in [-0.3, -0.25) is 9.59 Å². The van der Waals surface area contributed by atoms with Gasteiger partial charge in [-0.05, 0) is 60.8 Å². The summed E-state index contributed by atoms with van der Waals surface area (Å²) in [5.41, 5.74) is 1.23. The van der Waals surface area contributed by atoms with Crippen molar-refractivity contribution in [3.8, 4) is 17.2 Å². The maximum absolute atomic E-state index is 13.3. The van der Waals surface area contributed by atoms with Crippen LogP contribution in [-0.2, 0) is 0 Å². The summed E-state index contributed by atoms with van der Waals surface area (Å²) >= 11 is 5.51. The van der Waals surface area contributed by atoms with Crippen LogP contribution in [0.1, 0.15) is 43.5 Å². The Balaban J connectivity index is 1.71. The normalized spacial score (nSPS) is 20.4. The fourth-order valence-electron chi connectivity index (χ4n) is 4.59. The Morgan fingerprint density at radius 3 is 2.64 bits per heavy atom. The molecule has 1 aliphatic carbocycles. The number of fused-ring (bicyclic) bond motifs is 1. The van der Waals surface area contributed by atoms with Gasteiger partial charge in [0.15, 0.2) is 4.77 Å². The Bertz CT molecular complexity index is 1310. The van der Waals surface area contributed by atoms with E-state index in [1.807, 2.05) is 0 Å². The van der Waals surface area contributed by atoms with Crippen molar-refractivity contribution in [1.29, 1.82) is 0 Å². The molecule has 0 unspecified atom stereocenters. The molecule has 33 heavy (non-hydrogen) atoms. The molecule has 1 aliphatic rings. The van der Waals surface area contributed by atoms with Gasteiger partial charge in [0, 0.05) is 17.7 Å². The van der Waals surface area contributed by atoms with Crippen LogP contribution in [0, 0.1) is 16.6 Å². The third-order valence-electron chi connectivity index (χ3n) is 6.81. The van der Waals surface area contributed by atoms with E-state index in [4.69, 9.17) is 21.7 Å². The number of amides is 1. The van der Waals surface area contributed by atoms with E-state index < -0.39 is 0 Å². The second kappa shape index (κ2) is 9.39. The highest BCUT2D eigenvalue weighted by molar-refractivity contribution is 7.71. The van der Waals surface area contributed by atoms with Crippen LogP contribution in [0.25, 0.3) is 16.6 Å². The zero-order valence-corrected chi connectivity index (χ0v) is 20.1. The average molecular weight is 468 g/mol. The van der Waals surface area contributed by atoms with Crippen molar-refractivity contribution in [2.75, 3.05) is 14.2 Å². The molecule has 1 aromatic heterocycles. The molecule has 8 heteroatoms. The highest BCUT2D eigenvalue weighted by Gasteiger charge is 2.28. The number of ether oxygens (including phenoxy) is 2. The molecule has 3 atom stereocenters. The van der Waals surface area contributed by atoms with Crippen molar-refractivity contribution in [3.05, 3.63) is 57.1 Å². The van der Waals surface area contributed by atoms with E-state index in [0.29, 0.717) is 45.5 Å². The maximum Gasteiger partial charge on any atom is 0.266 e. The summed E-state index contributed by atoms with van der Waals surface area (Å²) in [7, 11) is 3.09. The Morgan fingerprint density at radius 1 is 1.12 bits per heavy atom. The number of aromatic nitrogens is 2. The molecule has 1 fully saturated rings. The van der Waals surface area contributed by atoms with Gasteiger partial charge in [-0.25, -0.2) is 4.57 Å². The number of hydrogen-bond donors (Lipinski definition) is 2. The molecule has 2 aromatic carbocycles. The summed E-state index contributed by atoms with van der Waals surface area (Å²) in [6.07, 6.45) is 3.31. The van der Waals surface area contributed by atoms with Gasteiger partial charge in [-0.1, -0.05) is 26.7 Å². The third-order valence-corrected chi connectivity index (χ3v) is 7.10. The molecule has 4 rings (SSSR count). The van der Waals surface area contributed by atoms with Crippen molar-refractivity contribution in [2.24, 2.45) is 11.8 Å². The zero-order chi connectivity index (χ0) is 23.7. The fourth-order valence-corrected chi connectivity index (χ4v) is 4.88. The van der Waals surface area contributed by atoms with Gasteiger partial charge >= 0.3 is 0 Å². The number of nitrogens with zero attached hydrogens (tertiary/aromatic N) is 1. The number of benzene rings is 2. The summed E-state index contributed by atoms with van der Waals surface area (Å²) < 4.78 is 12.3. The number of carbonyl (C=O) groups is 1. The standard InChI is InChI=1S/C25H29N3O4S/c1-14-6-5-7-19(15(14)2)26-23(29)16-8-10-18-20(12-16)27-25(33)28(24(18)30)21-11-9-17(31-3)13-22(21)32-4/h8-15,19H,5-7H2,1-4H3,(H,26,29)(H,27,33)/t14-,15-,19-/m1/s1. The van der Waals surface area contributed by atoms with Gasteiger partial charge in [0.05, 0.1) is 30.8 Å². The molecule has 1 heterocycles.